The average molecular weight is 325 g/mol. The number of carbonyl (C=O) groups excluding carboxylic acids is 1. The zero-order valence-corrected chi connectivity index (χ0v) is 10.9. The van der Waals surface area contributed by atoms with Crippen LogP contribution in [0.2, 0.25) is 0 Å². The van der Waals surface area contributed by atoms with Gasteiger partial charge in [0.1, 0.15) is 0 Å². The lowest BCUT2D eigenvalue weighted by Gasteiger charge is -2.09. The van der Waals surface area contributed by atoms with Gasteiger partial charge in [-0.15, -0.1) is 0 Å². The molecule has 0 saturated carbocycles. The fraction of sp³-hybridized carbons (Fsp3) is 0.364. The summed E-state index contributed by atoms with van der Waals surface area (Å²) in [7, 11) is 0. The van der Waals surface area contributed by atoms with Crippen LogP contribution in [0, 0.1) is 0 Å². The van der Waals surface area contributed by atoms with Crippen molar-refractivity contribution in [3.63, 3.8) is 0 Å². The van der Waals surface area contributed by atoms with Gasteiger partial charge in [-0.1, -0.05) is 28.1 Å². The van der Waals surface area contributed by atoms with Gasteiger partial charge in [0.2, 0.25) is 5.91 Å². The minimum absolute atomic E-state index is 0.284. The van der Waals surface area contributed by atoms with Crippen LogP contribution in [0.15, 0.2) is 28.7 Å². The van der Waals surface area contributed by atoms with Crippen LogP contribution in [-0.2, 0) is 11.3 Å². The lowest BCUT2D eigenvalue weighted by atomic mass is 10.2. The molecule has 0 fully saturated rings. The van der Waals surface area contributed by atoms with Gasteiger partial charge < -0.3 is 10.6 Å². The molecule has 0 aromatic heterocycles. The Morgan fingerprint density at radius 2 is 2.06 bits per heavy atom. The molecule has 1 rings (SSSR count). The van der Waals surface area contributed by atoms with E-state index in [2.05, 4.69) is 21.2 Å². The predicted octanol–water partition coefficient (Wildman–Crippen LogP) is 2.22. The molecule has 0 bridgehead atoms. The molecular formula is C11H12BrF3N2O. The molecule has 18 heavy (non-hydrogen) atoms. The normalized spacial score (nSPS) is 11.3. The number of benzene rings is 1. The molecule has 2 N–H and O–H groups in total. The number of hydrogen-bond donors (Lipinski definition) is 2. The van der Waals surface area contributed by atoms with Gasteiger partial charge in [-0.05, 0) is 17.7 Å². The molecule has 0 aliphatic carbocycles. The number of amides is 1. The summed E-state index contributed by atoms with van der Waals surface area (Å²) >= 11 is 3.28. The molecule has 0 heterocycles. The summed E-state index contributed by atoms with van der Waals surface area (Å²) in [6.45, 7) is -1.24. The molecule has 0 saturated heterocycles. The van der Waals surface area contributed by atoms with E-state index >= 15 is 0 Å². The van der Waals surface area contributed by atoms with Crippen molar-refractivity contribution in [3.8, 4) is 0 Å². The molecule has 0 atom stereocenters. The highest BCUT2D eigenvalue weighted by Crippen LogP contribution is 2.12. The first-order valence-corrected chi connectivity index (χ1v) is 5.95. The van der Waals surface area contributed by atoms with Crippen molar-refractivity contribution >= 4 is 21.8 Å². The van der Waals surface area contributed by atoms with Crippen LogP contribution >= 0.6 is 15.9 Å². The first-order valence-electron chi connectivity index (χ1n) is 5.15. The fourth-order valence-corrected chi connectivity index (χ4v) is 1.67. The van der Waals surface area contributed by atoms with Crippen molar-refractivity contribution in [2.45, 2.75) is 12.7 Å². The summed E-state index contributed by atoms with van der Waals surface area (Å²) in [6, 6.07) is 7.29. The van der Waals surface area contributed by atoms with Crippen molar-refractivity contribution in [2.75, 3.05) is 13.1 Å². The maximum absolute atomic E-state index is 11.8. The highest BCUT2D eigenvalue weighted by atomic mass is 79.9. The summed E-state index contributed by atoms with van der Waals surface area (Å²) in [4.78, 5) is 11.2. The molecule has 0 aliphatic rings. The van der Waals surface area contributed by atoms with E-state index in [9.17, 15) is 18.0 Å². The summed E-state index contributed by atoms with van der Waals surface area (Å²) < 4.78 is 36.3. The van der Waals surface area contributed by atoms with E-state index in [-0.39, 0.29) is 13.1 Å². The topological polar surface area (TPSA) is 41.1 Å². The van der Waals surface area contributed by atoms with E-state index in [1.807, 2.05) is 29.6 Å². The lowest BCUT2D eigenvalue weighted by Crippen LogP contribution is -2.37. The second-order valence-electron chi connectivity index (χ2n) is 3.63. The Morgan fingerprint density at radius 1 is 1.33 bits per heavy atom. The molecule has 1 aromatic rings. The smallest absolute Gasteiger partial charge is 0.351 e. The van der Waals surface area contributed by atoms with Crippen molar-refractivity contribution in [1.82, 2.24) is 10.6 Å². The standard InChI is InChI=1S/C11H12BrF3N2O/c12-9-3-1-2-8(4-9)5-17-10(18)6-16-7-11(13,14)15/h1-4,16H,5-7H2,(H,17,18). The average Bonchev–Trinajstić information content (AvgIpc) is 2.25. The molecule has 0 unspecified atom stereocenters. The number of nitrogens with one attached hydrogen (secondary N) is 2. The van der Waals surface area contributed by atoms with E-state index in [1.54, 1.807) is 0 Å². The molecular weight excluding hydrogens is 313 g/mol. The molecule has 1 aromatic carbocycles. The number of alkyl halides is 3. The Balaban J connectivity index is 2.25. The third kappa shape index (κ3) is 6.61. The highest BCUT2D eigenvalue weighted by molar-refractivity contribution is 9.10. The van der Waals surface area contributed by atoms with Crippen molar-refractivity contribution in [2.24, 2.45) is 0 Å². The van der Waals surface area contributed by atoms with Crippen molar-refractivity contribution in [1.29, 1.82) is 0 Å². The number of halogens is 4. The van der Waals surface area contributed by atoms with Crippen LogP contribution in [-0.4, -0.2) is 25.2 Å². The summed E-state index contributed by atoms with van der Waals surface area (Å²) in [5.74, 6) is -0.473. The Hall–Kier alpha value is -1.08. The minimum atomic E-state index is -4.30. The molecule has 100 valence electrons. The molecule has 0 aliphatic heterocycles. The maximum atomic E-state index is 11.8. The van der Waals surface area contributed by atoms with Crippen LogP contribution in [0.5, 0.6) is 0 Å². The van der Waals surface area contributed by atoms with Gasteiger partial charge in [0, 0.05) is 11.0 Å². The molecule has 7 heteroatoms. The summed E-state index contributed by atoms with van der Waals surface area (Å²) in [5, 5.41) is 4.55. The van der Waals surface area contributed by atoms with E-state index < -0.39 is 18.6 Å². The van der Waals surface area contributed by atoms with Gasteiger partial charge in [0.15, 0.2) is 0 Å². The van der Waals surface area contributed by atoms with E-state index in [4.69, 9.17) is 0 Å². The van der Waals surface area contributed by atoms with Crippen LogP contribution in [0.3, 0.4) is 0 Å². The molecule has 1 amide bonds. The predicted molar refractivity (Wildman–Crippen MR) is 64.9 cm³/mol. The minimum Gasteiger partial charge on any atom is -0.351 e. The second kappa shape index (κ2) is 6.75. The number of carbonyl (C=O) groups is 1. The lowest BCUT2D eigenvalue weighted by molar-refractivity contribution is -0.128. The Morgan fingerprint density at radius 3 is 2.67 bits per heavy atom. The van der Waals surface area contributed by atoms with Crippen LogP contribution in [0.25, 0.3) is 0 Å². The van der Waals surface area contributed by atoms with Crippen LogP contribution in [0.4, 0.5) is 13.2 Å². The van der Waals surface area contributed by atoms with E-state index in [1.165, 1.54) is 0 Å². The summed E-state index contributed by atoms with van der Waals surface area (Å²) in [6.07, 6.45) is -4.30. The van der Waals surface area contributed by atoms with Gasteiger partial charge in [0.25, 0.3) is 0 Å². The molecule has 3 nitrogen and oxygen atoms in total. The van der Waals surface area contributed by atoms with Gasteiger partial charge in [-0.25, -0.2) is 0 Å². The Bertz CT molecular complexity index is 410. The summed E-state index contributed by atoms with van der Waals surface area (Å²) in [5.41, 5.74) is 0.869. The Labute approximate surface area is 111 Å². The van der Waals surface area contributed by atoms with Crippen molar-refractivity contribution in [3.05, 3.63) is 34.3 Å². The quantitative estimate of drug-likeness (QED) is 0.872. The van der Waals surface area contributed by atoms with Crippen LogP contribution in [0.1, 0.15) is 5.56 Å². The van der Waals surface area contributed by atoms with Gasteiger partial charge >= 0.3 is 6.18 Å². The van der Waals surface area contributed by atoms with Crippen molar-refractivity contribution < 1.29 is 18.0 Å². The van der Waals surface area contributed by atoms with Gasteiger partial charge in [0.05, 0.1) is 13.1 Å². The number of hydrogen-bond acceptors (Lipinski definition) is 2. The van der Waals surface area contributed by atoms with Gasteiger partial charge in [-0.2, -0.15) is 13.2 Å². The van der Waals surface area contributed by atoms with E-state index in [0.29, 0.717) is 0 Å². The SMILES string of the molecule is O=C(CNCC(F)(F)F)NCc1cccc(Br)c1. The fourth-order valence-electron chi connectivity index (χ4n) is 1.23. The number of rotatable bonds is 5. The van der Waals surface area contributed by atoms with Crippen LogP contribution < -0.4 is 10.6 Å². The Kier molecular flexibility index (Phi) is 5.61. The monoisotopic (exact) mass is 324 g/mol. The zero-order valence-electron chi connectivity index (χ0n) is 9.35. The highest BCUT2D eigenvalue weighted by Gasteiger charge is 2.26. The third-order valence-electron chi connectivity index (χ3n) is 1.99. The van der Waals surface area contributed by atoms with Gasteiger partial charge in [-0.3, -0.25) is 4.79 Å². The first-order chi connectivity index (χ1) is 8.37. The van der Waals surface area contributed by atoms with E-state index in [0.717, 1.165) is 10.0 Å². The largest absolute Gasteiger partial charge is 0.401 e. The second-order valence-corrected chi connectivity index (χ2v) is 4.54. The molecule has 0 radical (unpaired) electrons. The molecule has 0 spiro atoms. The third-order valence-corrected chi connectivity index (χ3v) is 2.48. The maximum Gasteiger partial charge on any atom is 0.401 e. The first kappa shape index (κ1) is 15.0. The zero-order chi connectivity index (χ0) is 13.6.